The number of imide groups is 1. The summed E-state index contributed by atoms with van der Waals surface area (Å²) in [6.45, 7) is -0.575. The van der Waals surface area contributed by atoms with Crippen molar-refractivity contribution in [3.8, 4) is 22.7 Å². The number of hydrogen-bond donors (Lipinski definition) is 1. The van der Waals surface area contributed by atoms with Gasteiger partial charge in [0.15, 0.2) is 6.61 Å². The number of rotatable bonds is 8. The van der Waals surface area contributed by atoms with E-state index in [9.17, 15) is 14.4 Å². The Balaban J connectivity index is 1.47. The number of carbonyl (C=O) groups is 3. The minimum Gasteiger partial charge on any atom is -0.497 e. The van der Waals surface area contributed by atoms with Gasteiger partial charge >= 0.3 is 5.97 Å². The topological polar surface area (TPSA) is 99.5 Å². The Bertz CT molecular complexity index is 1340. The molecule has 2 aromatic heterocycles. The molecule has 0 aliphatic carbocycles. The van der Waals surface area contributed by atoms with E-state index >= 15 is 0 Å². The summed E-state index contributed by atoms with van der Waals surface area (Å²) >= 11 is 1.21. The van der Waals surface area contributed by atoms with Crippen LogP contribution in [0.3, 0.4) is 0 Å². The molecule has 0 spiro atoms. The van der Waals surface area contributed by atoms with Crippen LogP contribution in [0.15, 0.2) is 84.4 Å². The highest BCUT2D eigenvalue weighted by Gasteiger charge is 2.14. The fraction of sp³-hybridized carbons (Fsp3) is 0.0769. The maximum atomic E-state index is 12.2. The Morgan fingerprint density at radius 2 is 1.80 bits per heavy atom. The first-order chi connectivity index (χ1) is 17.0. The zero-order valence-corrected chi connectivity index (χ0v) is 19.5. The van der Waals surface area contributed by atoms with Crippen molar-refractivity contribution in [2.75, 3.05) is 13.7 Å². The maximum absolute atomic E-state index is 12.2. The summed E-state index contributed by atoms with van der Waals surface area (Å²) in [6, 6.07) is 20.3. The Hall–Kier alpha value is -4.50. The lowest BCUT2D eigenvalue weighted by Crippen LogP contribution is -2.33. The number of methoxy groups -OCH3 is 1. The monoisotopic (exact) mass is 487 g/mol. The second-order valence-electron chi connectivity index (χ2n) is 7.24. The molecular weight excluding hydrogens is 466 g/mol. The summed E-state index contributed by atoms with van der Waals surface area (Å²) in [4.78, 5) is 36.5. The number of carbonyl (C=O) groups excluding carboxylic acids is 3. The summed E-state index contributed by atoms with van der Waals surface area (Å²) in [5, 5.41) is 8.59. The van der Waals surface area contributed by atoms with E-state index in [1.807, 2.05) is 54.6 Å². The molecule has 0 saturated heterocycles. The molecule has 2 amide bonds. The quantitative estimate of drug-likeness (QED) is 0.296. The molecule has 35 heavy (non-hydrogen) atoms. The number of benzene rings is 2. The summed E-state index contributed by atoms with van der Waals surface area (Å²) in [5.74, 6) is -1.25. The molecule has 2 aromatic carbocycles. The van der Waals surface area contributed by atoms with Gasteiger partial charge in [-0.15, -0.1) is 11.3 Å². The second kappa shape index (κ2) is 11.1. The van der Waals surface area contributed by atoms with Gasteiger partial charge in [-0.25, -0.2) is 9.48 Å². The minimum atomic E-state index is -0.725. The number of nitrogens with one attached hydrogen (secondary N) is 1. The van der Waals surface area contributed by atoms with Crippen molar-refractivity contribution < 1.29 is 23.9 Å². The third-order valence-corrected chi connectivity index (χ3v) is 5.74. The minimum absolute atomic E-state index is 0.395. The van der Waals surface area contributed by atoms with Crippen molar-refractivity contribution in [3.05, 3.63) is 94.8 Å². The van der Waals surface area contributed by atoms with Crippen LogP contribution in [-0.4, -0.2) is 41.3 Å². The SMILES string of the molecule is COc1ccc(-c2nn(-c3ccccc3)cc2/C=C/C(=O)OCC(=O)NC(=O)c2cccs2)cc1. The molecule has 0 unspecified atom stereocenters. The van der Waals surface area contributed by atoms with Crippen molar-refractivity contribution in [2.45, 2.75) is 0 Å². The highest BCUT2D eigenvalue weighted by Crippen LogP contribution is 2.26. The van der Waals surface area contributed by atoms with Crippen LogP contribution < -0.4 is 10.1 Å². The molecule has 8 nitrogen and oxygen atoms in total. The van der Waals surface area contributed by atoms with Gasteiger partial charge in [0.25, 0.3) is 11.8 Å². The van der Waals surface area contributed by atoms with Gasteiger partial charge in [-0.05, 0) is 53.9 Å². The first kappa shape index (κ1) is 23.7. The van der Waals surface area contributed by atoms with E-state index in [4.69, 9.17) is 9.47 Å². The number of ether oxygens (including phenoxy) is 2. The number of aromatic nitrogens is 2. The largest absolute Gasteiger partial charge is 0.497 e. The first-order valence-corrected chi connectivity index (χ1v) is 11.4. The molecule has 176 valence electrons. The molecular formula is C26H21N3O5S. The zero-order chi connectivity index (χ0) is 24.6. The van der Waals surface area contributed by atoms with Crippen LogP contribution in [0.25, 0.3) is 23.0 Å². The number of nitrogens with zero attached hydrogens (tertiary/aromatic N) is 2. The van der Waals surface area contributed by atoms with Crippen molar-refractivity contribution in [1.29, 1.82) is 0 Å². The average Bonchev–Trinajstić information content (AvgIpc) is 3.58. The molecule has 0 aliphatic heterocycles. The molecule has 1 N–H and O–H groups in total. The standard InChI is InChI=1S/C26H21N3O5S/c1-33-21-12-9-18(10-13-21)25-19(16-29(28-25)20-6-3-2-4-7-20)11-14-24(31)34-17-23(30)27-26(32)22-8-5-15-35-22/h2-16H,17H2,1H3,(H,27,30,32)/b14-11+. The molecule has 2 heterocycles. The fourth-order valence-electron chi connectivity index (χ4n) is 3.17. The Morgan fingerprint density at radius 1 is 1.03 bits per heavy atom. The predicted molar refractivity (Wildman–Crippen MR) is 132 cm³/mol. The maximum Gasteiger partial charge on any atom is 0.331 e. The molecule has 0 radical (unpaired) electrons. The molecule has 4 rings (SSSR count). The van der Waals surface area contributed by atoms with Gasteiger partial charge in [-0.2, -0.15) is 5.10 Å². The normalized spacial score (nSPS) is 10.8. The summed E-state index contributed by atoms with van der Waals surface area (Å²) in [5.41, 5.74) is 3.02. The van der Waals surface area contributed by atoms with Gasteiger partial charge in [0.2, 0.25) is 0 Å². The van der Waals surface area contributed by atoms with E-state index < -0.39 is 24.4 Å². The number of amides is 2. The zero-order valence-electron chi connectivity index (χ0n) is 18.7. The molecule has 9 heteroatoms. The van der Waals surface area contributed by atoms with E-state index in [1.165, 1.54) is 17.4 Å². The van der Waals surface area contributed by atoms with Gasteiger partial charge in [0.1, 0.15) is 5.75 Å². The predicted octanol–water partition coefficient (Wildman–Crippen LogP) is 4.12. The van der Waals surface area contributed by atoms with Crippen molar-refractivity contribution in [1.82, 2.24) is 15.1 Å². The van der Waals surface area contributed by atoms with E-state index in [0.29, 0.717) is 21.9 Å². The van der Waals surface area contributed by atoms with Gasteiger partial charge in [-0.3, -0.25) is 14.9 Å². The number of esters is 1. The molecule has 0 atom stereocenters. The van der Waals surface area contributed by atoms with E-state index in [0.717, 1.165) is 11.3 Å². The van der Waals surface area contributed by atoms with Crippen molar-refractivity contribution >= 4 is 35.2 Å². The lowest BCUT2D eigenvalue weighted by Gasteiger charge is -2.03. The van der Waals surface area contributed by atoms with Crippen LogP contribution in [0.1, 0.15) is 15.2 Å². The Labute approximate surface area is 205 Å². The van der Waals surface area contributed by atoms with Crippen molar-refractivity contribution in [2.24, 2.45) is 0 Å². The number of para-hydroxylation sites is 1. The molecule has 0 fully saturated rings. The van der Waals surface area contributed by atoms with Crippen LogP contribution in [0.5, 0.6) is 5.75 Å². The lowest BCUT2D eigenvalue weighted by atomic mass is 10.1. The first-order valence-electron chi connectivity index (χ1n) is 10.6. The fourth-order valence-corrected chi connectivity index (χ4v) is 3.79. The van der Waals surface area contributed by atoms with Gasteiger partial charge in [-0.1, -0.05) is 24.3 Å². The lowest BCUT2D eigenvalue weighted by molar-refractivity contribution is -0.143. The van der Waals surface area contributed by atoms with E-state index in [1.54, 1.807) is 41.6 Å². The van der Waals surface area contributed by atoms with E-state index in [-0.39, 0.29) is 0 Å². The van der Waals surface area contributed by atoms with Gasteiger partial charge in [0.05, 0.1) is 23.4 Å². The van der Waals surface area contributed by atoms with Crippen LogP contribution >= 0.6 is 11.3 Å². The molecule has 0 bridgehead atoms. The molecule has 0 aliphatic rings. The van der Waals surface area contributed by atoms with Gasteiger partial charge in [0, 0.05) is 23.4 Å². The van der Waals surface area contributed by atoms with Crippen LogP contribution in [0, 0.1) is 0 Å². The van der Waals surface area contributed by atoms with Crippen LogP contribution in [0.2, 0.25) is 0 Å². The second-order valence-corrected chi connectivity index (χ2v) is 8.19. The summed E-state index contributed by atoms with van der Waals surface area (Å²) in [7, 11) is 1.59. The average molecular weight is 488 g/mol. The molecule has 4 aromatic rings. The van der Waals surface area contributed by atoms with Gasteiger partial charge < -0.3 is 9.47 Å². The Morgan fingerprint density at radius 3 is 2.49 bits per heavy atom. The Kier molecular flexibility index (Phi) is 7.49. The summed E-state index contributed by atoms with van der Waals surface area (Å²) < 4.78 is 11.9. The third kappa shape index (κ3) is 6.10. The smallest absolute Gasteiger partial charge is 0.331 e. The molecule has 0 saturated carbocycles. The number of hydrogen-bond acceptors (Lipinski definition) is 7. The summed E-state index contributed by atoms with van der Waals surface area (Å²) in [6.07, 6.45) is 4.59. The van der Waals surface area contributed by atoms with Crippen LogP contribution in [0.4, 0.5) is 0 Å². The highest BCUT2D eigenvalue weighted by molar-refractivity contribution is 7.12. The van der Waals surface area contributed by atoms with Crippen LogP contribution in [-0.2, 0) is 14.3 Å². The highest BCUT2D eigenvalue weighted by atomic mass is 32.1. The number of thiophene rings is 1. The van der Waals surface area contributed by atoms with Crippen molar-refractivity contribution in [3.63, 3.8) is 0 Å². The van der Waals surface area contributed by atoms with E-state index in [2.05, 4.69) is 10.4 Å². The third-order valence-electron chi connectivity index (χ3n) is 4.87.